The Morgan fingerprint density at radius 2 is 1.56 bits per heavy atom. The Labute approximate surface area is 154 Å². The lowest BCUT2D eigenvalue weighted by Crippen LogP contribution is -2.29. The molecule has 0 aliphatic rings. The quantitative estimate of drug-likeness (QED) is 0.563. The monoisotopic (exact) mass is 391 g/mol. The van der Waals surface area contributed by atoms with E-state index in [1.807, 2.05) is 0 Å². The molecule has 3 rings (SSSR count). The second-order valence-corrected chi connectivity index (χ2v) is 7.39. The highest BCUT2D eigenvalue weighted by molar-refractivity contribution is 7.92. The molecular formula is C17H17N3O6S. The maximum atomic E-state index is 12.9. The van der Waals surface area contributed by atoms with Gasteiger partial charge < -0.3 is 19.4 Å². The maximum absolute atomic E-state index is 12.9. The van der Waals surface area contributed by atoms with Crippen LogP contribution in [0.15, 0.2) is 44.8 Å². The van der Waals surface area contributed by atoms with Gasteiger partial charge >= 0.3 is 11.1 Å². The number of anilines is 1. The molecule has 3 aromatic rings. The summed E-state index contributed by atoms with van der Waals surface area (Å²) in [5.74, 6) is 0.798. The lowest BCUT2D eigenvalue weighted by molar-refractivity contribution is 0.395. The second kappa shape index (κ2) is 6.80. The Hall–Kier alpha value is -3.27. The van der Waals surface area contributed by atoms with E-state index in [1.54, 1.807) is 19.1 Å². The van der Waals surface area contributed by atoms with Gasteiger partial charge in [0.05, 0.1) is 35.8 Å². The molecule has 0 aliphatic carbocycles. The average molecular weight is 391 g/mol. The molecule has 2 aromatic carbocycles. The number of benzene rings is 2. The minimum atomic E-state index is -4.00. The molecule has 0 radical (unpaired) electrons. The molecule has 0 spiro atoms. The van der Waals surface area contributed by atoms with Crippen LogP contribution < -0.4 is 25.3 Å². The van der Waals surface area contributed by atoms with Crippen molar-refractivity contribution in [3.8, 4) is 11.5 Å². The first-order valence-electron chi connectivity index (χ1n) is 7.77. The van der Waals surface area contributed by atoms with E-state index in [9.17, 15) is 18.0 Å². The van der Waals surface area contributed by atoms with Crippen LogP contribution in [0.3, 0.4) is 0 Å². The zero-order valence-corrected chi connectivity index (χ0v) is 15.6. The summed E-state index contributed by atoms with van der Waals surface area (Å²) in [4.78, 5) is 27.7. The maximum Gasteiger partial charge on any atom is 0.314 e. The number of hydrogen-bond acceptors (Lipinski definition) is 6. The number of ether oxygens (including phenoxy) is 2. The van der Waals surface area contributed by atoms with Gasteiger partial charge in [-0.25, -0.2) is 8.42 Å². The van der Waals surface area contributed by atoms with E-state index in [0.29, 0.717) is 16.8 Å². The van der Waals surface area contributed by atoms with E-state index in [1.165, 1.54) is 32.4 Å². The van der Waals surface area contributed by atoms with Crippen molar-refractivity contribution >= 4 is 26.7 Å². The summed E-state index contributed by atoms with van der Waals surface area (Å²) in [6.45, 7) is 1.59. The highest BCUT2D eigenvalue weighted by atomic mass is 32.2. The summed E-state index contributed by atoms with van der Waals surface area (Å²) in [7, 11) is -1.10. The van der Waals surface area contributed by atoms with Gasteiger partial charge in [-0.15, -0.1) is 0 Å². The molecule has 0 saturated heterocycles. The molecule has 0 bridgehead atoms. The second-order valence-electron chi connectivity index (χ2n) is 5.74. The zero-order valence-electron chi connectivity index (χ0n) is 14.7. The molecule has 0 unspecified atom stereocenters. The van der Waals surface area contributed by atoms with E-state index in [0.717, 1.165) is 0 Å². The third-order valence-corrected chi connectivity index (χ3v) is 5.47. The molecule has 10 heteroatoms. The van der Waals surface area contributed by atoms with Crippen molar-refractivity contribution in [2.75, 3.05) is 18.9 Å². The minimum absolute atomic E-state index is 0.0458. The predicted molar refractivity (Wildman–Crippen MR) is 100 cm³/mol. The minimum Gasteiger partial charge on any atom is -0.497 e. The van der Waals surface area contributed by atoms with Crippen LogP contribution in [0, 0.1) is 6.92 Å². The summed E-state index contributed by atoms with van der Waals surface area (Å²) in [6, 6.07) is 7.43. The van der Waals surface area contributed by atoms with Crippen LogP contribution in [-0.4, -0.2) is 32.6 Å². The van der Waals surface area contributed by atoms with Crippen molar-refractivity contribution in [2.24, 2.45) is 0 Å². The Morgan fingerprint density at radius 3 is 2.15 bits per heavy atom. The van der Waals surface area contributed by atoms with Crippen molar-refractivity contribution < 1.29 is 17.9 Å². The number of nitrogens with one attached hydrogen (secondary N) is 3. The highest BCUT2D eigenvalue weighted by Gasteiger charge is 2.20. The number of fused-ring (bicyclic) bond motifs is 1. The van der Waals surface area contributed by atoms with Gasteiger partial charge in [0.15, 0.2) is 0 Å². The van der Waals surface area contributed by atoms with Gasteiger partial charge in [0.1, 0.15) is 11.5 Å². The fraction of sp³-hybridized carbons (Fsp3) is 0.176. The first kappa shape index (κ1) is 18.5. The predicted octanol–water partition coefficient (Wildman–Crippen LogP) is 1.34. The molecule has 0 amide bonds. The first-order chi connectivity index (χ1) is 12.7. The van der Waals surface area contributed by atoms with Crippen molar-refractivity contribution in [3.63, 3.8) is 0 Å². The van der Waals surface area contributed by atoms with Crippen molar-refractivity contribution in [2.45, 2.75) is 11.8 Å². The average Bonchev–Trinajstić information content (AvgIpc) is 2.62. The normalized spacial score (nSPS) is 11.4. The molecule has 0 atom stereocenters. The Kier molecular flexibility index (Phi) is 4.66. The summed E-state index contributed by atoms with van der Waals surface area (Å²) in [6.07, 6.45) is 0. The SMILES string of the molecule is COc1ccc(NS(=O)(=O)c2cc3[nH]c(=O)c(=O)[nH]c3cc2C)c(OC)c1. The van der Waals surface area contributed by atoms with Crippen LogP contribution in [0.1, 0.15) is 5.56 Å². The van der Waals surface area contributed by atoms with Crippen LogP contribution in [0.4, 0.5) is 5.69 Å². The lowest BCUT2D eigenvalue weighted by Gasteiger charge is -2.14. The summed E-state index contributed by atoms with van der Waals surface area (Å²) in [5.41, 5.74) is -0.513. The molecule has 3 N–H and O–H groups in total. The van der Waals surface area contributed by atoms with Gasteiger partial charge in [-0.3, -0.25) is 14.3 Å². The van der Waals surface area contributed by atoms with Crippen LogP contribution in [0.2, 0.25) is 0 Å². The molecular weight excluding hydrogens is 374 g/mol. The third-order valence-electron chi connectivity index (χ3n) is 3.96. The lowest BCUT2D eigenvalue weighted by atomic mass is 10.2. The molecule has 142 valence electrons. The number of aromatic amines is 2. The van der Waals surface area contributed by atoms with Gasteiger partial charge in [-0.1, -0.05) is 0 Å². The number of H-pyrrole nitrogens is 2. The standard InChI is InChI=1S/C17H17N3O6S/c1-9-6-12-13(19-17(22)16(21)18-12)8-15(9)27(23,24)20-11-5-4-10(25-2)7-14(11)26-3/h4-8,20H,1-3H3,(H,18,21)(H,19,22). The molecule has 1 aromatic heterocycles. The van der Waals surface area contributed by atoms with Crippen LogP contribution in [-0.2, 0) is 10.0 Å². The molecule has 0 fully saturated rings. The molecule has 0 aliphatic heterocycles. The van der Waals surface area contributed by atoms with E-state index < -0.39 is 21.1 Å². The topological polar surface area (TPSA) is 130 Å². The van der Waals surface area contributed by atoms with Gasteiger partial charge in [0, 0.05) is 6.07 Å². The van der Waals surface area contributed by atoms with E-state index >= 15 is 0 Å². The Morgan fingerprint density at radius 1 is 0.926 bits per heavy atom. The van der Waals surface area contributed by atoms with E-state index in [4.69, 9.17) is 9.47 Å². The first-order valence-corrected chi connectivity index (χ1v) is 9.25. The van der Waals surface area contributed by atoms with E-state index in [-0.39, 0.29) is 21.8 Å². The zero-order chi connectivity index (χ0) is 19.8. The number of hydrogen-bond donors (Lipinski definition) is 3. The largest absolute Gasteiger partial charge is 0.497 e. The van der Waals surface area contributed by atoms with Gasteiger partial charge in [0.25, 0.3) is 10.0 Å². The van der Waals surface area contributed by atoms with Crippen LogP contribution >= 0.6 is 0 Å². The fourth-order valence-electron chi connectivity index (χ4n) is 2.63. The van der Waals surface area contributed by atoms with Gasteiger partial charge in [-0.2, -0.15) is 0 Å². The van der Waals surface area contributed by atoms with Gasteiger partial charge in [0.2, 0.25) is 0 Å². The number of aryl methyl sites for hydroxylation is 1. The highest BCUT2D eigenvalue weighted by Crippen LogP contribution is 2.31. The molecule has 1 heterocycles. The number of methoxy groups -OCH3 is 2. The summed E-state index contributed by atoms with van der Waals surface area (Å²) >= 11 is 0. The van der Waals surface area contributed by atoms with Crippen molar-refractivity contribution in [1.82, 2.24) is 9.97 Å². The Balaban J connectivity index is 2.10. The molecule has 27 heavy (non-hydrogen) atoms. The van der Waals surface area contributed by atoms with Crippen LogP contribution in [0.5, 0.6) is 11.5 Å². The third kappa shape index (κ3) is 3.51. The Bertz CT molecular complexity index is 1240. The van der Waals surface area contributed by atoms with Crippen molar-refractivity contribution in [1.29, 1.82) is 0 Å². The van der Waals surface area contributed by atoms with Crippen LogP contribution in [0.25, 0.3) is 11.0 Å². The van der Waals surface area contributed by atoms with E-state index in [2.05, 4.69) is 14.7 Å². The summed E-state index contributed by atoms with van der Waals surface area (Å²) < 4.78 is 38.5. The van der Waals surface area contributed by atoms with Gasteiger partial charge in [-0.05, 0) is 36.8 Å². The number of sulfonamides is 1. The number of rotatable bonds is 5. The number of aromatic nitrogens is 2. The van der Waals surface area contributed by atoms with Crippen molar-refractivity contribution in [3.05, 3.63) is 56.6 Å². The fourth-order valence-corrected chi connectivity index (χ4v) is 3.95. The smallest absolute Gasteiger partial charge is 0.314 e. The molecule has 0 saturated carbocycles. The summed E-state index contributed by atoms with van der Waals surface area (Å²) in [5, 5.41) is 0. The molecule has 9 nitrogen and oxygen atoms in total.